The first-order valence-electron chi connectivity index (χ1n) is 6.30. The standard InChI is InChI=1S/C14H20BrNO2/c1-17-13-6-5-11(8-14(13)18-2)9-16-7-3-4-12(15)10-16/h5-6,8,12H,3-4,7,9-10H2,1-2H3. The van der Waals surface area contributed by atoms with Crippen LogP contribution in [0.5, 0.6) is 11.5 Å². The number of benzene rings is 1. The zero-order chi connectivity index (χ0) is 13.0. The molecule has 0 aliphatic carbocycles. The highest BCUT2D eigenvalue weighted by Gasteiger charge is 2.17. The Hall–Kier alpha value is -0.740. The second-order valence-electron chi connectivity index (χ2n) is 4.66. The Labute approximate surface area is 117 Å². The van der Waals surface area contributed by atoms with Crippen molar-refractivity contribution in [2.45, 2.75) is 24.2 Å². The first-order chi connectivity index (χ1) is 8.72. The molecule has 100 valence electrons. The number of hydrogen-bond donors (Lipinski definition) is 0. The Bertz CT molecular complexity index is 397. The second-order valence-corrected chi connectivity index (χ2v) is 5.96. The maximum absolute atomic E-state index is 5.33. The van der Waals surface area contributed by atoms with Gasteiger partial charge in [-0.05, 0) is 37.1 Å². The molecule has 0 spiro atoms. The molecule has 0 amide bonds. The summed E-state index contributed by atoms with van der Waals surface area (Å²) in [6.45, 7) is 3.27. The van der Waals surface area contributed by atoms with Crippen molar-refractivity contribution in [2.75, 3.05) is 27.3 Å². The average Bonchev–Trinajstić information content (AvgIpc) is 2.38. The van der Waals surface area contributed by atoms with E-state index in [2.05, 4.69) is 33.0 Å². The van der Waals surface area contributed by atoms with Gasteiger partial charge in [0.2, 0.25) is 0 Å². The molecule has 18 heavy (non-hydrogen) atoms. The van der Waals surface area contributed by atoms with Crippen molar-refractivity contribution >= 4 is 15.9 Å². The van der Waals surface area contributed by atoms with Crippen LogP contribution >= 0.6 is 15.9 Å². The van der Waals surface area contributed by atoms with E-state index in [1.54, 1.807) is 14.2 Å². The van der Waals surface area contributed by atoms with E-state index in [-0.39, 0.29) is 0 Å². The summed E-state index contributed by atoms with van der Waals surface area (Å²) in [6.07, 6.45) is 2.55. The molecule has 0 N–H and O–H groups in total. The molecule has 1 atom stereocenters. The Morgan fingerprint density at radius 1 is 1.28 bits per heavy atom. The maximum atomic E-state index is 5.33. The van der Waals surface area contributed by atoms with Crippen molar-refractivity contribution in [2.24, 2.45) is 0 Å². The van der Waals surface area contributed by atoms with Crippen molar-refractivity contribution in [3.8, 4) is 11.5 Å². The molecule has 0 bridgehead atoms. The number of piperidine rings is 1. The Morgan fingerprint density at radius 2 is 2.06 bits per heavy atom. The van der Waals surface area contributed by atoms with Crippen LogP contribution in [0, 0.1) is 0 Å². The van der Waals surface area contributed by atoms with Crippen LogP contribution in [-0.4, -0.2) is 37.0 Å². The van der Waals surface area contributed by atoms with Crippen molar-refractivity contribution < 1.29 is 9.47 Å². The number of ether oxygens (including phenoxy) is 2. The van der Waals surface area contributed by atoms with Crippen molar-refractivity contribution in [1.82, 2.24) is 4.90 Å². The van der Waals surface area contributed by atoms with Crippen LogP contribution in [0.3, 0.4) is 0 Å². The largest absolute Gasteiger partial charge is 0.493 e. The van der Waals surface area contributed by atoms with Gasteiger partial charge in [-0.1, -0.05) is 22.0 Å². The van der Waals surface area contributed by atoms with Crippen LogP contribution in [0.15, 0.2) is 18.2 Å². The lowest BCUT2D eigenvalue weighted by atomic mass is 10.1. The first-order valence-corrected chi connectivity index (χ1v) is 7.22. The third kappa shape index (κ3) is 3.39. The Morgan fingerprint density at radius 3 is 2.72 bits per heavy atom. The SMILES string of the molecule is COc1ccc(CN2CCCC(Br)C2)cc1OC. The molecule has 1 aromatic carbocycles. The lowest BCUT2D eigenvalue weighted by molar-refractivity contribution is 0.227. The van der Waals surface area contributed by atoms with Gasteiger partial charge in [0, 0.05) is 17.9 Å². The molecule has 0 radical (unpaired) electrons. The van der Waals surface area contributed by atoms with Gasteiger partial charge in [-0.3, -0.25) is 4.90 Å². The predicted octanol–water partition coefficient (Wildman–Crippen LogP) is 3.06. The van der Waals surface area contributed by atoms with Crippen molar-refractivity contribution in [3.05, 3.63) is 23.8 Å². The molecule has 1 aliphatic rings. The number of methoxy groups -OCH3 is 2. The summed E-state index contributed by atoms with van der Waals surface area (Å²) in [6, 6.07) is 6.15. The fraction of sp³-hybridized carbons (Fsp3) is 0.571. The summed E-state index contributed by atoms with van der Waals surface area (Å²) in [7, 11) is 3.34. The fourth-order valence-electron chi connectivity index (χ4n) is 2.38. The minimum atomic E-state index is 0.631. The first kappa shape index (κ1) is 13.7. The van der Waals surface area contributed by atoms with E-state index in [9.17, 15) is 0 Å². The summed E-state index contributed by atoms with van der Waals surface area (Å²) < 4.78 is 10.6. The second kappa shape index (κ2) is 6.43. The van der Waals surface area contributed by atoms with Crippen LogP contribution < -0.4 is 9.47 Å². The average molecular weight is 314 g/mol. The smallest absolute Gasteiger partial charge is 0.161 e. The summed E-state index contributed by atoms with van der Waals surface area (Å²) in [4.78, 5) is 3.11. The van der Waals surface area contributed by atoms with Crippen molar-refractivity contribution in [1.29, 1.82) is 0 Å². The van der Waals surface area contributed by atoms with Crippen LogP contribution in [0.25, 0.3) is 0 Å². The summed E-state index contributed by atoms with van der Waals surface area (Å²) in [5, 5.41) is 0. The van der Waals surface area contributed by atoms with E-state index in [1.165, 1.54) is 24.9 Å². The van der Waals surface area contributed by atoms with E-state index in [4.69, 9.17) is 9.47 Å². The van der Waals surface area contributed by atoms with E-state index < -0.39 is 0 Å². The maximum Gasteiger partial charge on any atom is 0.161 e. The van der Waals surface area contributed by atoms with Crippen LogP contribution in [0.1, 0.15) is 18.4 Å². The Balaban J connectivity index is 2.04. The van der Waals surface area contributed by atoms with E-state index >= 15 is 0 Å². The van der Waals surface area contributed by atoms with Gasteiger partial charge in [0.1, 0.15) is 0 Å². The number of alkyl halides is 1. The summed E-state index contributed by atoms with van der Waals surface area (Å²) >= 11 is 3.71. The molecular formula is C14H20BrNO2. The molecule has 0 saturated carbocycles. The molecule has 1 fully saturated rings. The molecule has 0 aromatic heterocycles. The summed E-state index contributed by atoms with van der Waals surface area (Å²) in [5.41, 5.74) is 1.27. The molecule has 1 heterocycles. The quantitative estimate of drug-likeness (QED) is 0.797. The Kier molecular flexibility index (Phi) is 4.89. The van der Waals surface area contributed by atoms with Gasteiger partial charge in [0.05, 0.1) is 14.2 Å². The lowest BCUT2D eigenvalue weighted by Crippen LogP contribution is -2.35. The minimum Gasteiger partial charge on any atom is -0.493 e. The van der Waals surface area contributed by atoms with Crippen LogP contribution in [-0.2, 0) is 6.54 Å². The number of halogens is 1. The van der Waals surface area contributed by atoms with Crippen LogP contribution in [0.4, 0.5) is 0 Å². The normalized spacial score (nSPS) is 20.7. The zero-order valence-corrected chi connectivity index (χ0v) is 12.6. The van der Waals surface area contributed by atoms with Gasteiger partial charge in [0.25, 0.3) is 0 Å². The van der Waals surface area contributed by atoms with Gasteiger partial charge < -0.3 is 9.47 Å². The van der Waals surface area contributed by atoms with E-state index in [0.29, 0.717) is 4.83 Å². The molecule has 1 aliphatic heterocycles. The molecular weight excluding hydrogens is 294 g/mol. The zero-order valence-electron chi connectivity index (χ0n) is 11.0. The van der Waals surface area contributed by atoms with Gasteiger partial charge >= 0.3 is 0 Å². The molecule has 4 heteroatoms. The van der Waals surface area contributed by atoms with Crippen LogP contribution in [0.2, 0.25) is 0 Å². The highest BCUT2D eigenvalue weighted by atomic mass is 79.9. The number of rotatable bonds is 4. The van der Waals surface area contributed by atoms with Gasteiger partial charge in [-0.15, -0.1) is 0 Å². The molecule has 3 nitrogen and oxygen atoms in total. The van der Waals surface area contributed by atoms with E-state index in [1.807, 2.05) is 6.07 Å². The van der Waals surface area contributed by atoms with Gasteiger partial charge in [-0.2, -0.15) is 0 Å². The van der Waals surface area contributed by atoms with Gasteiger partial charge in [-0.25, -0.2) is 0 Å². The highest BCUT2D eigenvalue weighted by Crippen LogP contribution is 2.28. The number of nitrogens with zero attached hydrogens (tertiary/aromatic N) is 1. The molecule has 2 rings (SSSR count). The minimum absolute atomic E-state index is 0.631. The summed E-state index contributed by atoms with van der Waals surface area (Å²) in [5.74, 6) is 1.60. The van der Waals surface area contributed by atoms with E-state index in [0.717, 1.165) is 24.6 Å². The number of hydrogen-bond acceptors (Lipinski definition) is 3. The third-order valence-corrected chi connectivity index (χ3v) is 4.05. The fourth-order valence-corrected chi connectivity index (χ4v) is 3.11. The molecule has 1 aromatic rings. The van der Waals surface area contributed by atoms with Gasteiger partial charge in [0.15, 0.2) is 11.5 Å². The monoisotopic (exact) mass is 313 g/mol. The molecule has 1 unspecified atom stereocenters. The predicted molar refractivity (Wildman–Crippen MR) is 76.8 cm³/mol. The highest BCUT2D eigenvalue weighted by molar-refractivity contribution is 9.09. The lowest BCUT2D eigenvalue weighted by Gasteiger charge is -2.30. The molecule has 1 saturated heterocycles. The number of likely N-dealkylation sites (tertiary alicyclic amines) is 1. The topological polar surface area (TPSA) is 21.7 Å². The van der Waals surface area contributed by atoms with Crippen molar-refractivity contribution in [3.63, 3.8) is 0 Å². The third-order valence-electron chi connectivity index (χ3n) is 3.30.